The number of nitrogens with two attached hydrogens (primary N) is 1. The van der Waals surface area contributed by atoms with Crippen molar-refractivity contribution in [2.24, 2.45) is 10.7 Å². The molecule has 0 saturated heterocycles. The van der Waals surface area contributed by atoms with E-state index >= 15 is 0 Å². The summed E-state index contributed by atoms with van der Waals surface area (Å²) in [7, 11) is 0. The zero-order valence-electron chi connectivity index (χ0n) is 9.97. The number of aliphatic hydroxyl groups is 2. The first-order valence-electron chi connectivity index (χ1n) is 5.22. The first kappa shape index (κ1) is 15.2. The highest BCUT2D eigenvalue weighted by atomic mass is 16.6. The summed E-state index contributed by atoms with van der Waals surface area (Å²) in [6, 6.07) is 0. The predicted octanol–water partition coefficient (Wildman–Crippen LogP) is -0.295. The number of hydrogen-bond acceptors (Lipinski definition) is 6. The minimum atomic E-state index is -0.822. The van der Waals surface area contributed by atoms with Crippen molar-refractivity contribution in [1.82, 2.24) is 0 Å². The van der Waals surface area contributed by atoms with Crippen molar-refractivity contribution in [3.63, 3.8) is 0 Å². The maximum Gasteiger partial charge on any atom is 0.349 e. The van der Waals surface area contributed by atoms with E-state index in [1.807, 2.05) is 0 Å². The number of esters is 1. The molecule has 0 aliphatic heterocycles. The molecule has 0 aliphatic carbocycles. The van der Waals surface area contributed by atoms with Crippen LogP contribution in [0.15, 0.2) is 16.5 Å². The van der Waals surface area contributed by atoms with E-state index in [4.69, 9.17) is 20.3 Å². The summed E-state index contributed by atoms with van der Waals surface area (Å²) in [5.41, 5.74) is 5.18. The van der Waals surface area contributed by atoms with Gasteiger partial charge in [-0.2, -0.15) is 0 Å². The van der Waals surface area contributed by atoms with Crippen LogP contribution in [0.3, 0.4) is 0 Å². The molecule has 0 aromatic carbocycles. The summed E-state index contributed by atoms with van der Waals surface area (Å²) in [4.78, 5) is 15.2. The molecule has 0 bridgehead atoms. The Kier molecular flexibility index (Phi) is 7.53. The van der Waals surface area contributed by atoms with E-state index < -0.39 is 11.9 Å². The molecule has 0 aromatic rings. The van der Waals surface area contributed by atoms with E-state index in [2.05, 4.69) is 4.99 Å². The maximum atomic E-state index is 11.5. The van der Waals surface area contributed by atoms with Crippen LogP contribution in [0.1, 0.15) is 13.8 Å². The smallest absolute Gasteiger partial charge is 0.349 e. The highest BCUT2D eigenvalue weighted by Crippen LogP contribution is 2.07. The number of nitrogens with zero attached hydrogens (tertiary/aromatic N) is 1. The highest BCUT2D eigenvalue weighted by molar-refractivity contribution is 6.18. The Morgan fingerprint density at radius 1 is 1.29 bits per heavy atom. The van der Waals surface area contributed by atoms with E-state index in [-0.39, 0.29) is 37.8 Å². The monoisotopic (exact) mass is 246 g/mol. The molecular formula is C10H18N2O5. The normalized spacial score (nSPS) is 13.0. The summed E-state index contributed by atoms with van der Waals surface area (Å²) in [6.45, 7) is 3.37. The quantitative estimate of drug-likeness (QED) is 0.187. The molecule has 0 aliphatic rings. The summed E-state index contributed by atoms with van der Waals surface area (Å²) in [6.07, 6.45) is 0. The molecule has 4 N–H and O–H groups in total. The Morgan fingerprint density at radius 3 is 2.35 bits per heavy atom. The average molecular weight is 246 g/mol. The largest absolute Gasteiger partial charge is 0.480 e. The molecule has 0 rings (SSSR count). The van der Waals surface area contributed by atoms with Crippen LogP contribution in [0, 0.1) is 0 Å². The van der Waals surface area contributed by atoms with Crippen molar-refractivity contribution >= 4 is 11.8 Å². The number of aliphatic hydroxyl groups excluding tert-OH is 2. The van der Waals surface area contributed by atoms with Gasteiger partial charge in [0.25, 0.3) is 5.95 Å². The second kappa shape index (κ2) is 8.40. The molecule has 7 nitrogen and oxygen atoms in total. The molecule has 0 saturated carbocycles. The molecule has 98 valence electrons. The van der Waals surface area contributed by atoms with Crippen LogP contribution in [-0.2, 0) is 14.3 Å². The van der Waals surface area contributed by atoms with E-state index in [0.717, 1.165) is 0 Å². The van der Waals surface area contributed by atoms with Crippen LogP contribution in [0.5, 0.6) is 0 Å². The van der Waals surface area contributed by atoms with Gasteiger partial charge in [-0.15, -0.1) is 0 Å². The first-order chi connectivity index (χ1) is 8.08. The Labute approximate surface area is 99.5 Å². The Balaban J connectivity index is 5.10. The molecule has 17 heavy (non-hydrogen) atoms. The molecule has 0 atom stereocenters. The molecule has 0 heterocycles. The lowest BCUT2D eigenvalue weighted by molar-refractivity contribution is -0.138. The van der Waals surface area contributed by atoms with Gasteiger partial charge in [-0.05, 0) is 13.8 Å². The van der Waals surface area contributed by atoms with Gasteiger partial charge in [0, 0.05) is 0 Å². The minimum Gasteiger partial charge on any atom is -0.480 e. The van der Waals surface area contributed by atoms with Crippen LogP contribution < -0.4 is 5.73 Å². The lowest BCUT2D eigenvalue weighted by Gasteiger charge is -2.09. The second-order valence-electron chi connectivity index (χ2n) is 2.82. The van der Waals surface area contributed by atoms with Crippen LogP contribution in [0.2, 0.25) is 0 Å². The third kappa shape index (κ3) is 5.21. The van der Waals surface area contributed by atoms with Crippen molar-refractivity contribution < 1.29 is 24.5 Å². The third-order valence-electron chi connectivity index (χ3n) is 1.61. The number of rotatable bonds is 7. The lowest BCUT2D eigenvalue weighted by Crippen LogP contribution is -2.26. The van der Waals surface area contributed by atoms with Crippen LogP contribution in [0.4, 0.5) is 0 Å². The van der Waals surface area contributed by atoms with Crippen molar-refractivity contribution in [3.8, 4) is 0 Å². The molecule has 0 radical (unpaired) electrons. The fourth-order valence-corrected chi connectivity index (χ4v) is 0.963. The number of carbonyl (C=O) groups excluding carboxylic acids is 1. The van der Waals surface area contributed by atoms with E-state index in [1.54, 1.807) is 13.8 Å². The molecule has 0 unspecified atom stereocenters. The SMILES string of the molecule is CCOC(=O)C(C(N)=NCCO)=C(O)OCC. The van der Waals surface area contributed by atoms with Gasteiger partial charge in [0.05, 0.1) is 26.4 Å². The van der Waals surface area contributed by atoms with Crippen molar-refractivity contribution in [2.75, 3.05) is 26.4 Å². The zero-order valence-corrected chi connectivity index (χ0v) is 9.97. The maximum absolute atomic E-state index is 11.5. The van der Waals surface area contributed by atoms with Crippen LogP contribution >= 0.6 is 0 Å². The van der Waals surface area contributed by atoms with Gasteiger partial charge in [-0.3, -0.25) is 4.99 Å². The van der Waals surface area contributed by atoms with Gasteiger partial charge in [0.2, 0.25) is 0 Å². The van der Waals surface area contributed by atoms with Crippen molar-refractivity contribution in [2.45, 2.75) is 13.8 Å². The van der Waals surface area contributed by atoms with Gasteiger partial charge in [-0.25, -0.2) is 4.79 Å². The number of carbonyl (C=O) groups is 1. The zero-order chi connectivity index (χ0) is 13.3. The third-order valence-corrected chi connectivity index (χ3v) is 1.61. The summed E-state index contributed by atoms with van der Waals surface area (Å²) >= 11 is 0. The summed E-state index contributed by atoms with van der Waals surface area (Å²) in [5, 5.41) is 18.1. The van der Waals surface area contributed by atoms with Crippen molar-refractivity contribution in [3.05, 3.63) is 11.5 Å². The van der Waals surface area contributed by atoms with Gasteiger partial charge in [0.1, 0.15) is 5.84 Å². The predicted molar refractivity (Wildman–Crippen MR) is 61.5 cm³/mol. The number of aliphatic imine (C=N–C) groups is 1. The van der Waals surface area contributed by atoms with Crippen LogP contribution in [0.25, 0.3) is 0 Å². The fraction of sp³-hybridized carbons (Fsp3) is 0.600. The number of amidine groups is 1. The van der Waals surface area contributed by atoms with Gasteiger partial charge >= 0.3 is 5.97 Å². The van der Waals surface area contributed by atoms with Crippen LogP contribution in [-0.4, -0.2) is 48.4 Å². The average Bonchev–Trinajstić information content (AvgIpc) is 2.27. The van der Waals surface area contributed by atoms with E-state index in [9.17, 15) is 9.90 Å². The van der Waals surface area contributed by atoms with Gasteiger partial charge in [0.15, 0.2) is 5.57 Å². The summed E-state index contributed by atoms with van der Waals surface area (Å²) in [5.74, 6) is -1.69. The Morgan fingerprint density at radius 2 is 1.88 bits per heavy atom. The van der Waals surface area contributed by atoms with E-state index in [0.29, 0.717) is 0 Å². The molecule has 0 fully saturated rings. The molecule has 7 heteroatoms. The number of hydrogen-bond donors (Lipinski definition) is 3. The Bertz CT molecular complexity index is 312. The highest BCUT2D eigenvalue weighted by Gasteiger charge is 2.22. The standard InChI is InChI=1S/C10H18N2O5/c1-3-16-9(14)7(10(15)17-4-2)8(11)12-5-6-13/h13-14H,3-6H2,1-2H3,(H2,11,12). The molecular weight excluding hydrogens is 228 g/mol. The molecule has 0 spiro atoms. The minimum absolute atomic E-state index is 0.0220. The summed E-state index contributed by atoms with van der Waals surface area (Å²) < 4.78 is 9.50. The lowest BCUT2D eigenvalue weighted by atomic mass is 10.2. The van der Waals surface area contributed by atoms with Gasteiger partial charge in [-0.1, -0.05) is 0 Å². The second-order valence-corrected chi connectivity index (χ2v) is 2.82. The topological polar surface area (TPSA) is 114 Å². The fourth-order valence-electron chi connectivity index (χ4n) is 0.963. The van der Waals surface area contributed by atoms with E-state index in [1.165, 1.54) is 0 Å². The molecule has 0 aromatic heterocycles. The molecule has 0 amide bonds. The number of ether oxygens (including phenoxy) is 2. The van der Waals surface area contributed by atoms with Crippen molar-refractivity contribution in [1.29, 1.82) is 0 Å². The Hall–Kier alpha value is -1.76. The van der Waals surface area contributed by atoms with Gasteiger partial charge < -0.3 is 25.4 Å². The first-order valence-corrected chi connectivity index (χ1v) is 5.22.